The Morgan fingerprint density at radius 1 is 1.00 bits per heavy atom. The molecule has 0 saturated heterocycles. The Morgan fingerprint density at radius 3 is 2.14 bits per heavy atom. The second-order valence-corrected chi connectivity index (χ2v) is 4.82. The molecular formula is C18H21Cl2OTi-. The summed E-state index contributed by atoms with van der Waals surface area (Å²) in [5.41, 5.74) is 3.71. The molecule has 0 aliphatic heterocycles. The standard InChI is InChI=1S/C11H10O.C7H9.2ClH.Ti/c12-8-10-6-3-5-9-4-1-2-7-11(9)10;1-6-3-4-7(2)5-6;;;/h1-7,12H,8H2;5H,3H2,1-2H3;2*1H;/q;-1;;;. The van der Waals surface area contributed by atoms with Gasteiger partial charge in [-0.1, -0.05) is 56.3 Å². The quantitative estimate of drug-likeness (QED) is 0.535. The second-order valence-electron chi connectivity index (χ2n) is 4.82. The smallest absolute Gasteiger partial charge is 0.0687 e. The number of hydrogen-bond acceptors (Lipinski definition) is 1. The molecule has 0 fully saturated rings. The van der Waals surface area contributed by atoms with Crippen molar-refractivity contribution >= 4 is 35.6 Å². The van der Waals surface area contributed by atoms with Crippen molar-refractivity contribution in [3.63, 3.8) is 0 Å². The zero-order chi connectivity index (χ0) is 13.7. The van der Waals surface area contributed by atoms with E-state index in [0.717, 1.165) is 17.4 Å². The summed E-state index contributed by atoms with van der Waals surface area (Å²) in [6.45, 7) is 4.32. The Kier molecular flexibility index (Phi) is 12.9. The summed E-state index contributed by atoms with van der Waals surface area (Å²) in [5, 5.41) is 11.4. The maximum absolute atomic E-state index is 9.04. The Morgan fingerprint density at radius 2 is 1.64 bits per heavy atom. The number of halogens is 2. The van der Waals surface area contributed by atoms with Crippen LogP contribution in [0.4, 0.5) is 0 Å². The molecule has 2 aromatic rings. The van der Waals surface area contributed by atoms with Gasteiger partial charge in [0.25, 0.3) is 0 Å². The van der Waals surface area contributed by atoms with Crippen LogP contribution in [0.2, 0.25) is 0 Å². The van der Waals surface area contributed by atoms with E-state index in [2.05, 4.69) is 38.1 Å². The van der Waals surface area contributed by atoms with Crippen molar-refractivity contribution in [3.8, 4) is 0 Å². The molecule has 0 spiro atoms. The fourth-order valence-electron chi connectivity index (χ4n) is 2.18. The minimum Gasteiger partial charge on any atom is -0.392 e. The molecule has 0 amide bonds. The van der Waals surface area contributed by atoms with E-state index < -0.39 is 0 Å². The number of benzene rings is 2. The van der Waals surface area contributed by atoms with Crippen molar-refractivity contribution in [1.82, 2.24) is 0 Å². The molecule has 1 aliphatic carbocycles. The average molecular weight is 372 g/mol. The molecule has 0 unspecified atom stereocenters. The van der Waals surface area contributed by atoms with Gasteiger partial charge in [0.1, 0.15) is 0 Å². The van der Waals surface area contributed by atoms with Gasteiger partial charge in [0.15, 0.2) is 0 Å². The predicted octanol–water partition coefficient (Wildman–Crippen LogP) is 5.26. The van der Waals surface area contributed by atoms with E-state index in [1.807, 2.05) is 30.3 Å². The van der Waals surface area contributed by atoms with Gasteiger partial charge in [-0.2, -0.15) is 5.57 Å². The van der Waals surface area contributed by atoms with E-state index in [4.69, 9.17) is 5.11 Å². The molecule has 0 heterocycles. The van der Waals surface area contributed by atoms with Crippen molar-refractivity contribution in [1.29, 1.82) is 0 Å². The van der Waals surface area contributed by atoms with Crippen LogP contribution in [-0.2, 0) is 28.3 Å². The van der Waals surface area contributed by atoms with Gasteiger partial charge in [0.05, 0.1) is 6.61 Å². The van der Waals surface area contributed by atoms with Crippen LogP contribution < -0.4 is 0 Å². The van der Waals surface area contributed by atoms with Gasteiger partial charge < -0.3 is 5.11 Å². The zero-order valence-electron chi connectivity index (χ0n) is 12.8. The topological polar surface area (TPSA) is 20.2 Å². The van der Waals surface area contributed by atoms with E-state index in [1.165, 1.54) is 16.5 Å². The molecule has 1 aliphatic rings. The third-order valence-corrected chi connectivity index (χ3v) is 3.16. The first-order valence-corrected chi connectivity index (χ1v) is 6.53. The van der Waals surface area contributed by atoms with Gasteiger partial charge in [0.2, 0.25) is 0 Å². The van der Waals surface area contributed by atoms with E-state index in [0.29, 0.717) is 0 Å². The molecule has 4 heteroatoms. The number of aliphatic hydroxyl groups excluding tert-OH is 1. The molecule has 0 radical (unpaired) electrons. The summed E-state index contributed by atoms with van der Waals surface area (Å²) < 4.78 is 0. The Balaban J connectivity index is 0. The third-order valence-electron chi connectivity index (χ3n) is 3.16. The fourth-order valence-corrected chi connectivity index (χ4v) is 2.18. The van der Waals surface area contributed by atoms with E-state index in [-0.39, 0.29) is 53.1 Å². The number of aliphatic hydroxyl groups is 1. The first-order chi connectivity index (χ1) is 9.20. The Hall–Kier alpha value is -0.566. The van der Waals surface area contributed by atoms with Crippen molar-refractivity contribution in [2.75, 3.05) is 0 Å². The van der Waals surface area contributed by atoms with Crippen molar-refractivity contribution in [2.45, 2.75) is 26.9 Å². The Labute approximate surface area is 160 Å². The van der Waals surface area contributed by atoms with Crippen LogP contribution in [0.5, 0.6) is 0 Å². The number of fused-ring (bicyclic) bond motifs is 1. The molecule has 1 nitrogen and oxygen atoms in total. The first kappa shape index (κ1) is 23.7. The van der Waals surface area contributed by atoms with Gasteiger partial charge in [0, 0.05) is 21.7 Å². The number of hydrogen-bond donors (Lipinski definition) is 1. The van der Waals surface area contributed by atoms with E-state index in [1.54, 1.807) is 0 Å². The minimum absolute atomic E-state index is 0. The monoisotopic (exact) mass is 371 g/mol. The molecule has 0 bridgehead atoms. The average Bonchev–Trinajstić information content (AvgIpc) is 2.82. The van der Waals surface area contributed by atoms with Crippen LogP contribution >= 0.6 is 24.8 Å². The molecule has 118 valence electrons. The van der Waals surface area contributed by atoms with E-state index >= 15 is 0 Å². The molecule has 1 N–H and O–H groups in total. The van der Waals surface area contributed by atoms with Crippen LogP contribution in [0.3, 0.4) is 0 Å². The molecule has 0 atom stereocenters. The second kappa shape index (κ2) is 11.9. The van der Waals surface area contributed by atoms with Crippen LogP contribution in [0, 0.1) is 6.08 Å². The van der Waals surface area contributed by atoms with Gasteiger partial charge in [-0.05, 0) is 16.3 Å². The molecule has 3 rings (SSSR count). The van der Waals surface area contributed by atoms with Gasteiger partial charge in [-0.3, -0.25) is 6.08 Å². The zero-order valence-corrected chi connectivity index (χ0v) is 16.0. The number of allylic oxidation sites excluding steroid dienone is 4. The predicted molar refractivity (Wildman–Crippen MR) is 95.2 cm³/mol. The van der Waals surface area contributed by atoms with Crippen LogP contribution in [0.25, 0.3) is 10.8 Å². The minimum atomic E-state index is 0. The summed E-state index contributed by atoms with van der Waals surface area (Å²) in [7, 11) is 0. The van der Waals surface area contributed by atoms with Crippen molar-refractivity contribution in [2.24, 2.45) is 0 Å². The molecule has 22 heavy (non-hydrogen) atoms. The molecule has 2 aromatic carbocycles. The van der Waals surface area contributed by atoms with Crippen LogP contribution in [-0.4, -0.2) is 5.11 Å². The van der Waals surface area contributed by atoms with E-state index in [9.17, 15) is 0 Å². The molecule has 0 aromatic heterocycles. The summed E-state index contributed by atoms with van der Waals surface area (Å²) in [6, 6.07) is 14.0. The summed E-state index contributed by atoms with van der Waals surface area (Å²) >= 11 is 0. The van der Waals surface area contributed by atoms with Gasteiger partial charge in [-0.15, -0.1) is 31.2 Å². The maximum atomic E-state index is 9.04. The van der Waals surface area contributed by atoms with Crippen molar-refractivity contribution < 1.29 is 26.8 Å². The first-order valence-electron chi connectivity index (χ1n) is 6.53. The largest absolute Gasteiger partial charge is 0.392 e. The molecule has 0 saturated carbocycles. The SMILES string of the molecule is CC1=[C-]CC(C)=C1.Cl.Cl.OCc1cccc2ccccc12.[Ti]. The summed E-state index contributed by atoms with van der Waals surface area (Å²) in [6.07, 6.45) is 6.41. The number of rotatable bonds is 1. The van der Waals surface area contributed by atoms with Gasteiger partial charge >= 0.3 is 0 Å². The van der Waals surface area contributed by atoms with Gasteiger partial charge in [-0.25, -0.2) is 11.6 Å². The third kappa shape index (κ3) is 6.68. The van der Waals surface area contributed by atoms with Crippen LogP contribution in [0.1, 0.15) is 25.8 Å². The fraction of sp³-hybridized carbons (Fsp3) is 0.222. The summed E-state index contributed by atoms with van der Waals surface area (Å²) in [4.78, 5) is 0. The van der Waals surface area contributed by atoms with Crippen LogP contribution in [0.15, 0.2) is 59.7 Å². The summed E-state index contributed by atoms with van der Waals surface area (Å²) in [5.74, 6) is 0. The maximum Gasteiger partial charge on any atom is 0.0687 e. The van der Waals surface area contributed by atoms with Crippen molar-refractivity contribution in [3.05, 3.63) is 71.3 Å². The molecular weight excluding hydrogens is 351 g/mol. The Bertz CT molecular complexity index is 631. The normalized spacial score (nSPS) is 11.8.